The number of aliphatic imine (C=N–C) groups is 1. The van der Waals surface area contributed by atoms with Gasteiger partial charge >= 0.3 is 0 Å². The SMILES string of the molecule is CCC1(CNC(=NC)NCCCn2cnc3ccccc32)CCC1. The van der Waals surface area contributed by atoms with E-state index in [2.05, 4.69) is 50.3 Å². The number of benzene rings is 1. The van der Waals surface area contributed by atoms with Crippen LogP contribution in [-0.4, -0.2) is 35.6 Å². The highest BCUT2D eigenvalue weighted by Crippen LogP contribution is 2.42. The predicted molar refractivity (Wildman–Crippen MR) is 100 cm³/mol. The van der Waals surface area contributed by atoms with Crippen molar-refractivity contribution in [3.05, 3.63) is 30.6 Å². The molecular formula is C19H29N5. The number of imidazole rings is 1. The van der Waals surface area contributed by atoms with Crippen molar-refractivity contribution in [1.82, 2.24) is 20.2 Å². The van der Waals surface area contributed by atoms with Gasteiger partial charge in [-0.05, 0) is 43.2 Å². The zero-order chi connectivity index (χ0) is 16.8. The van der Waals surface area contributed by atoms with Crippen molar-refractivity contribution in [3.63, 3.8) is 0 Å². The van der Waals surface area contributed by atoms with Gasteiger partial charge in [-0.15, -0.1) is 0 Å². The second-order valence-electron chi connectivity index (χ2n) is 6.84. The van der Waals surface area contributed by atoms with E-state index in [-0.39, 0.29) is 0 Å². The fraction of sp³-hybridized carbons (Fsp3) is 0.579. The van der Waals surface area contributed by atoms with E-state index in [0.717, 1.165) is 37.5 Å². The van der Waals surface area contributed by atoms with Crippen molar-refractivity contribution in [3.8, 4) is 0 Å². The maximum Gasteiger partial charge on any atom is 0.190 e. The summed E-state index contributed by atoms with van der Waals surface area (Å²) in [5.41, 5.74) is 2.77. The maximum atomic E-state index is 4.44. The lowest BCUT2D eigenvalue weighted by Crippen LogP contribution is -2.46. The number of aryl methyl sites for hydroxylation is 1. The Morgan fingerprint density at radius 1 is 1.29 bits per heavy atom. The van der Waals surface area contributed by atoms with Crippen molar-refractivity contribution in [2.45, 2.75) is 45.6 Å². The maximum absolute atomic E-state index is 4.44. The Morgan fingerprint density at radius 3 is 2.83 bits per heavy atom. The smallest absolute Gasteiger partial charge is 0.190 e. The molecule has 3 rings (SSSR count). The van der Waals surface area contributed by atoms with Crippen LogP contribution in [0.25, 0.3) is 11.0 Å². The van der Waals surface area contributed by atoms with Gasteiger partial charge in [-0.25, -0.2) is 4.98 Å². The van der Waals surface area contributed by atoms with Gasteiger partial charge in [0.2, 0.25) is 0 Å². The number of nitrogens with one attached hydrogen (secondary N) is 2. The van der Waals surface area contributed by atoms with Gasteiger partial charge in [0.15, 0.2) is 5.96 Å². The first-order chi connectivity index (χ1) is 11.8. The monoisotopic (exact) mass is 327 g/mol. The van der Waals surface area contributed by atoms with Gasteiger partial charge < -0.3 is 15.2 Å². The summed E-state index contributed by atoms with van der Waals surface area (Å²) >= 11 is 0. The first-order valence-corrected chi connectivity index (χ1v) is 9.11. The van der Waals surface area contributed by atoms with Crippen LogP contribution in [-0.2, 0) is 6.54 Å². The van der Waals surface area contributed by atoms with Crippen LogP contribution in [0, 0.1) is 5.41 Å². The Morgan fingerprint density at radius 2 is 2.12 bits per heavy atom. The molecule has 0 bridgehead atoms. The second kappa shape index (κ2) is 7.69. The van der Waals surface area contributed by atoms with Crippen LogP contribution in [0.1, 0.15) is 39.0 Å². The van der Waals surface area contributed by atoms with Crippen LogP contribution < -0.4 is 10.6 Å². The molecule has 1 aliphatic rings. The Labute approximate surface area is 144 Å². The third-order valence-corrected chi connectivity index (χ3v) is 5.41. The molecule has 2 aromatic rings. The molecule has 5 heteroatoms. The average Bonchev–Trinajstić information content (AvgIpc) is 2.99. The largest absolute Gasteiger partial charge is 0.356 e. The first-order valence-electron chi connectivity index (χ1n) is 9.11. The molecule has 24 heavy (non-hydrogen) atoms. The molecule has 0 saturated heterocycles. The number of guanidine groups is 1. The normalized spacial score (nSPS) is 16.8. The summed E-state index contributed by atoms with van der Waals surface area (Å²) in [7, 11) is 1.85. The molecular weight excluding hydrogens is 298 g/mol. The Bertz CT molecular complexity index is 678. The Hall–Kier alpha value is -2.04. The fourth-order valence-corrected chi connectivity index (χ4v) is 3.47. The summed E-state index contributed by atoms with van der Waals surface area (Å²) in [6.45, 7) is 5.20. The minimum absolute atomic E-state index is 0.507. The van der Waals surface area contributed by atoms with Crippen molar-refractivity contribution < 1.29 is 0 Å². The van der Waals surface area contributed by atoms with E-state index in [9.17, 15) is 0 Å². The van der Waals surface area contributed by atoms with Gasteiger partial charge in [-0.1, -0.05) is 25.5 Å². The molecule has 5 nitrogen and oxygen atoms in total. The van der Waals surface area contributed by atoms with Crippen LogP contribution in [0.5, 0.6) is 0 Å². The number of fused-ring (bicyclic) bond motifs is 1. The minimum Gasteiger partial charge on any atom is -0.356 e. The van der Waals surface area contributed by atoms with Crippen molar-refractivity contribution in [2.24, 2.45) is 10.4 Å². The molecule has 0 aliphatic heterocycles. The van der Waals surface area contributed by atoms with Crippen LogP contribution in [0.15, 0.2) is 35.6 Å². The average molecular weight is 327 g/mol. The lowest BCUT2D eigenvalue weighted by Gasteiger charge is -2.41. The predicted octanol–water partition coefficient (Wildman–Crippen LogP) is 3.17. The molecule has 0 amide bonds. The highest BCUT2D eigenvalue weighted by molar-refractivity contribution is 5.79. The van der Waals surface area contributed by atoms with E-state index >= 15 is 0 Å². The number of hydrogen-bond donors (Lipinski definition) is 2. The fourth-order valence-electron chi connectivity index (χ4n) is 3.47. The van der Waals surface area contributed by atoms with Crippen molar-refractivity contribution in [1.29, 1.82) is 0 Å². The van der Waals surface area contributed by atoms with Gasteiger partial charge in [0.1, 0.15) is 0 Å². The summed E-state index contributed by atoms with van der Waals surface area (Å²) in [5.74, 6) is 0.921. The number of hydrogen-bond acceptors (Lipinski definition) is 2. The molecule has 1 aliphatic carbocycles. The Kier molecular flexibility index (Phi) is 5.38. The van der Waals surface area contributed by atoms with Gasteiger partial charge in [-0.2, -0.15) is 0 Å². The second-order valence-corrected chi connectivity index (χ2v) is 6.84. The number of rotatable bonds is 7. The molecule has 0 unspecified atom stereocenters. The van der Waals surface area contributed by atoms with Crippen LogP contribution in [0.3, 0.4) is 0 Å². The van der Waals surface area contributed by atoms with Crippen LogP contribution in [0.4, 0.5) is 0 Å². The molecule has 1 fully saturated rings. The molecule has 0 radical (unpaired) electrons. The summed E-state index contributed by atoms with van der Waals surface area (Å²) in [6.07, 6.45) is 8.30. The first kappa shape index (κ1) is 16.8. The third-order valence-electron chi connectivity index (χ3n) is 5.41. The summed E-state index contributed by atoms with van der Waals surface area (Å²) in [6, 6.07) is 8.27. The van der Waals surface area contributed by atoms with Gasteiger partial charge in [0.05, 0.1) is 17.4 Å². The van der Waals surface area contributed by atoms with Gasteiger partial charge in [0, 0.05) is 26.7 Å². The van der Waals surface area contributed by atoms with Gasteiger partial charge in [0.25, 0.3) is 0 Å². The minimum atomic E-state index is 0.507. The van der Waals surface area contributed by atoms with Crippen LogP contribution >= 0.6 is 0 Å². The molecule has 1 aromatic heterocycles. The van der Waals surface area contributed by atoms with E-state index in [1.165, 1.54) is 31.2 Å². The molecule has 1 saturated carbocycles. The van der Waals surface area contributed by atoms with E-state index in [1.807, 2.05) is 19.4 Å². The van der Waals surface area contributed by atoms with Crippen LogP contribution in [0.2, 0.25) is 0 Å². The van der Waals surface area contributed by atoms with Crippen molar-refractivity contribution >= 4 is 17.0 Å². The zero-order valence-electron chi connectivity index (χ0n) is 14.9. The number of para-hydroxylation sites is 2. The molecule has 2 N–H and O–H groups in total. The van der Waals surface area contributed by atoms with E-state index in [4.69, 9.17) is 0 Å². The Balaban J connectivity index is 1.42. The third kappa shape index (κ3) is 3.71. The lowest BCUT2D eigenvalue weighted by atomic mass is 9.67. The summed E-state index contributed by atoms with van der Waals surface area (Å²) < 4.78 is 2.22. The zero-order valence-corrected chi connectivity index (χ0v) is 14.9. The molecule has 1 aromatic carbocycles. The molecule has 130 valence electrons. The van der Waals surface area contributed by atoms with E-state index in [1.54, 1.807) is 0 Å². The van der Waals surface area contributed by atoms with E-state index in [0.29, 0.717) is 5.41 Å². The molecule has 1 heterocycles. The van der Waals surface area contributed by atoms with Crippen molar-refractivity contribution in [2.75, 3.05) is 20.1 Å². The quantitative estimate of drug-likeness (QED) is 0.466. The summed E-state index contributed by atoms with van der Waals surface area (Å²) in [5, 5.41) is 6.94. The summed E-state index contributed by atoms with van der Waals surface area (Å²) in [4.78, 5) is 8.78. The number of aromatic nitrogens is 2. The standard InChI is InChI=1S/C19H29N5/c1-3-19(10-6-11-19)14-22-18(20-2)21-12-7-13-24-15-23-16-8-4-5-9-17(16)24/h4-5,8-9,15H,3,6-7,10-14H2,1-2H3,(H2,20,21,22). The highest BCUT2D eigenvalue weighted by Gasteiger charge is 2.34. The highest BCUT2D eigenvalue weighted by atomic mass is 15.2. The molecule has 0 spiro atoms. The molecule has 0 atom stereocenters. The topological polar surface area (TPSA) is 54.2 Å². The lowest BCUT2D eigenvalue weighted by molar-refractivity contribution is 0.131. The van der Waals surface area contributed by atoms with E-state index < -0.39 is 0 Å². The number of nitrogens with zero attached hydrogens (tertiary/aromatic N) is 3. The van der Waals surface area contributed by atoms with Gasteiger partial charge in [-0.3, -0.25) is 4.99 Å².